The Labute approximate surface area is 107 Å². The first-order chi connectivity index (χ1) is 8.63. The molecule has 0 spiro atoms. The van der Waals surface area contributed by atoms with Gasteiger partial charge in [0.1, 0.15) is 0 Å². The summed E-state index contributed by atoms with van der Waals surface area (Å²) in [6, 6.07) is 10.4. The lowest BCUT2D eigenvalue weighted by atomic mass is 10.2. The molecule has 1 aliphatic heterocycles. The fourth-order valence-electron chi connectivity index (χ4n) is 1.80. The Bertz CT molecular complexity index is 658. The SMILES string of the molecule is Nc1ccc2c(c1)Sc1cc([N+](=O)[O-])ccc1N2. The lowest BCUT2D eigenvalue weighted by Gasteiger charge is -2.20. The smallest absolute Gasteiger partial charge is 0.270 e. The maximum atomic E-state index is 10.7. The molecule has 1 aliphatic rings. The number of nitrogens with two attached hydrogens (primary N) is 1. The Morgan fingerprint density at radius 3 is 2.50 bits per heavy atom. The van der Waals surface area contributed by atoms with Gasteiger partial charge in [-0.05, 0) is 24.3 Å². The van der Waals surface area contributed by atoms with E-state index in [-0.39, 0.29) is 5.69 Å². The number of anilines is 3. The first-order valence-corrected chi connectivity index (χ1v) is 6.08. The van der Waals surface area contributed by atoms with Crippen LogP contribution in [0.1, 0.15) is 0 Å². The number of hydrogen-bond acceptors (Lipinski definition) is 5. The van der Waals surface area contributed by atoms with E-state index in [2.05, 4.69) is 5.32 Å². The van der Waals surface area contributed by atoms with Crippen molar-refractivity contribution in [3.8, 4) is 0 Å². The molecule has 0 aromatic heterocycles. The Hall–Kier alpha value is -2.21. The molecule has 2 aromatic rings. The van der Waals surface area contributed by atoms with Crippen LogP contribution in [-0.4, -0.2) is 4.92 Å². The highest BCUT2D eigenvalue weighted by molar-refractivity contribution is 7.99. The van der Waals surface area contributed by atoms with Gasteiger partial charge in [0.25, 0.3) is 5.69 Å². The number of rotatable bonds is 1. The van der Waals surface area contributed by atoms with Gasteiger partial charge in [-0.15, -0.1) is 0 Å². The summed E-state index contributed by atoms with van der Waals surface area (Å²) in [5.41, 5.74) is 8.35. The van der Waals surface area contributed by atoms with Gasteiger partial charge in [-0.25, -0.2) is 0 Å². The minimum absolute atomic E-state index is 0.0930. The number of hydrogen-bond donors (Lipinski definition) is 2. The predicted octanol–water partition coefficient (Wildman–Crippen LogP) is 3.39. The standard InChI is InChI=1S/C12H9N3O2S/c13-7-1-3-9-11(5-7)18-12-6-8(15(16)17)2-4-10(12)14-9/h1-6,14H,13H2. The van der Waals surface area contributed by atoms with Gasteiger partial charge < -0.3 is 11.1 Å². The van der Waals surface area contributed by atoms with Gasteiger partial charge in [0.05, 0.1) is 16.3 Å². The first kappa shape index (κ1) is 10.9. The van der Waals surface area contributed by atoms with Crippen molar-refractivity contribution in [2.45, 2.75) is 9.79 Å². The summed E-state index contributed by atoms with van der Waals surface area (Å²) in [4.78, 5) is 12.2. The summed E-state index contributed by atoms with van der Waals surface area (Å²) < 4.78 is 0. The molecule has 2 aromatic carbocycles. The molecule has 3 N–H and O–H groups in total. The molecule has 0 aliphatic carbocycles. The van der Waals surface area contributed by atoms with Gasteiger partial charge in [0, 0.05) is 27.6 Å². The summed E-state index contributed by atoms with van der Waals surface area (Å²) in [7, 11) is 0. The highest BCUT2D eigenvalue weighted by Crippen LogP contribution is 2.45. The average Bonchev–Trinajstić information content (AvgIpc) is 2.35. The van der Waals surface area contributed by atoms with Crippen LogP contribution in [0.2, 0.25) is 0 Å². The number of nitro benzene ring substituents is 1. The van der Waals surface area contributed by atoms with Crippen LogP contribution in [0.15, 0.2) is 46.2 Å². The van der Waals surface area contributed by atoms with Gasteiger partial charge in [0.15, 0.2) is 0 Å². The zero-order valence-electron chi connectivity index (χ0n) is 9.21. The Kier molecular flexibility index (Phi) is 2.38. The van der Waals surface area contributed by atoms with Crippen molar-refractivity contribution in [2.24, 2.45) is 0 Å². The number of nitro groups is 1. The number of non-ortho nitro benzene ring substituents is 1. The largest absolute Gasteiger partial charge is 0.399 e. The molecule has 6 heteroatoms. The van der Waals surface area contributed by atoms with Crippen molar-refractivity contribution < 1.29 is 4.92 Å². The molecule has 0 bridgehead atoms. The summed E-state index contributed by atoms with van der Waals surface area (Å²) in [6.45, 7) is 0. The lowest BCUT2D eigenvalue weighted by Crippen LogP contribution is -2.01. The van der Waals surface area contributed by atoms with E-state index in [1.807, 2.05) is 18.2 Å². The van der Waals surface area contributed by atoms with Crippen LogP contribution in [-0.2, 0) is 0 Å². The van der Waals surface area contributed by atoms with E-state index in [0.717, 1.165) is 21.2 Å². The van der Waals surface area contributed by atoms with Crippen molar-refractivity contribution in [1.82, 2.24) is 0 Å². The van der Waals surface area contributed by atoms with E-state index in [9.17, 15) is 10.1 Å². The molecule has 0 radical (unpaired) electrons. The fraction of sp³-hybridized carbons (Fsp3) is 0. The van der Waals surface area contributed by atoms with Crippen LogP contribution in [0, 0.1) is 10.1 Å². The van der Waals surface area contributed by atoms with Crippen LogP contribution < -0.4 is 11.1 Å². The molecular weight excluding hydrogens is 250 g/mol. The molecule has 0 saturated carbocycles. The van der Waals surface area contributed by atoms with Crippen LogP contribution >= 0.6 is 11.8 Å². The fourth-order valence-corrected chi connectivity index (χ4v) is 2.87. The number of nitrogens with one attached hydrogen (secondary N) is 1. The van der Waals surface area contributed by atoms with Crippen molar-refractivity contribution in [3.05, 3.63) is 46.5 Å². The molecule has 18 heavy (non-hydrogen) atoms. The topological polar surface area (TPSA) is 81.2 Å². The summed E-state index contributed by atoms with van der Waals surface area (Å²) in [5.74, 6) is 0. The van der Waals surface area contributed by atoms with Gasteiger partial charge in [-0.2, -0.15) is 0 Å². The van der Waals surface area contributed by atoms with E-state index >= 15 is 0 Å². The molecule has 0 amide bonds. The summed E-state index contributed by atoms with van der Waals surface area (Å²) in [6.07, 6.45) is 0. The van der Waals surface area contributed by atoms with Crippen molar-refractivity contribution in [3.63, 3.8) is 0 Å². The third kappa shape index (κ3) is 1.76. The van der Waals surface area contributed by atoms with Gasteiger partial charge >= 0.3 is 0 Å². The summed E-state index contributed by atoms with van der Waals surface area (Å²) in [5, 5.41) is 14.0. The minimum Gasteiger partial charge on any atom is -0.399 e. The maximum Gasteiger partial charge on any atom is 0.270 e. The molecular formula is C12H9N3O2S. The third-order valence-electron chi connectivity index (χ3n) is 2.67. The van der Waals surface area contributed by atoms with E-state index < -0.39 is 4.92 Å². The molecule has 3 rings (SSSR count). The first-order valence-electron chi connectivity index (χ1n) is 5.26. The Morgan fingerprint density at radius 2 is 1.78 bits per heavy atom. The highest BCUT2D eigenvalue weighted by Gasteiger charge is 2.18. The minimum atomic E-state index is -0.393. The molecule has 5 nitrogen and oxygen atoms in total. The zero-order valence-corrected chi connectivity index (χ0v) is 10.0. The average molecular weight is 259 g/mol. The highest BCUT2D eigenvalue weighted by atomic mass is 32.2. The zero-order chi connectivity index (χ0) is 12.7. The quantitative estimate of drug-likeness (QED) is 0.397. The molecule has 0 atom stereocenters. The second-order valence-corrected chi connectivity index (χ2v) is 5.00. The van der Waals surface area contributed by atoms with E-state index in [4.69, 9.17) is 5.73 Å². The van der Waals surface area contributed by atoms with Crippen LogP contribution in [0.5, 0.6) is 0 Å². The second-order valence-electron chi connectivity index (χ2n) is 3.92. The van der Waals surface area contributed by atoms with E-state index in [1.54, 1.807) is 12.1 Å². The van der Waals surface area contributed by atoms with Crippen molar-refractivity contribution >= 4 is 34.5 Å². The third-order valence-corrected chi connectivity index (χ3v) is 3.79. The van der Waals surface area contributed by atoms with Crippen molar-refractivity contribution in [1.29, 1.82) is 0 Å². The predicted molar refractivity (Wildman–Crippen MR) is 71.4 cm³/mol. The van der Waals surface area contributed by atoms with E-state index in [1.165, 1.54) is 17.8 Å². The molecule has 0 saturated heterocycles. The normalized spacial score (nSPS) is 12.2. The van der Waals surface area contributed by atoms with Crippen LogP contribution in [0.4, 0.5) is 22.7 Å². The molecule has 90 valence electrons. The Morgan fingerprint density at radius 1 is 1.11 bits per heavy atom. The molecule has 0 unspecified atom stereocenters. The second kappa shape index (κ2) is 3.92. The van der Waals surface area contributed by atoms with Crippen molar-refractivity contribution in [2.75, 3.05) is 11.1 Å². The number of nitrogen functional groups attached to an aromatic ring is 1. The number of fused-ring (bicyclic) bond motifs is 2. The Balaban J connectivity index is 2.05. The maximum absolute atomic E-state index is 10.7. The summed E-state index contributed by atoms with van der Waals surface area (Å²) >= 11 is 1.48. The van der Waals surface area contributed by atoms with Gasteiger partial charge in [-0.1, -0.05) is 11.8 Å². The molecule has 1 heterocycles. The van der Waals surface area contributed by atoms with Gasteiger partial charge in [0.2, 0.25) is 0 Å². The molecule has 0 fully saturated rings. The van der Waals surface area contributed by atoms with E-state index in [0.29, 0.717) is 5.69 Å². The van der Waals surface area contributed by atoms with Gasteiger partial charge in [-0.3, -0.25) is 10.1 Å². The monoisotopic (exact) mass is 259 g/mol. The van der Waals surface area contributed by atoms with Crippen LogP contribution in [0.3, 0.4) is 0 Å². The number of nitrogens with zero attached hydrogens (tertiary/aromatic N) is 1. The lowest BCUT2D eigenvalue weighted by molar-refractivity contribution is -0.385. The van der Waals surface area contributed by atoms with Crippen LogP contribution in [0.25, 0.3) is 0 Å². The number of benzene rings is 2.